The maximum Gasteiger partial charge on any atom is 0.133 e. The van der Waals surface area contributed by atoms with Crippen molar-refractivity contribution in [3.05, 3.63) is 54.9 Å². The molecule has 0 radical (unpaired) electrons. The van der Waals surface area contributed by atoms with Crippen LogP contribution in [0, 0.1) is 13.1 Å². The van der Waals surface area contributed by atoms with Gasteiger partial charge < -0.3 is 10.2 Å². The summed E-state index contributed by atoms with van der Waals surface area (Å²) in [5, 5.41) is 20.8. The third kappa shape index (κ3) is 4.39. The van der Waals surface area contributed by atoms with Crippen LogP contribution in [0.2, 0.25) is 0 Å². The van der Waals surface area contributed by atoms with E-state index in [1.54, 1.807) is 12.4 Å². The Morgan fingerprint density at radius 3 is 2.67 bits per heavy atom. The maximum absolute atomic E-state index is 10.5. The fourth-order valence-corrected chi connectivity index (χ4v) is 5.20. The van der Waals surface area contributed by atoms with E-state index in [0.29, 0.717) is 5.75 Å². The van der Waals surface area contributed by atoms with Gasteiger partial charge in [-0.15, -0.1) is 0 Å². The number of aliphatic hydroxyl groups excluding tert-OH is 1. The van der Waals surface area contributed by atoms with Gasteiger partial charge in [0.1, 0.15) is 5.75 Å². The highest BCUT2D eigenvalue weighted by atomic mass is 127. The van der Waals surface area contributed by atoms with E-state index in [4.69, 9.17) is 0 Å². The molecule has 3 rings (SSSR count). The highest BCUT2D eigenvalue weighted by Gasteiger charge is 2.26. The van der Waals surface area contributed by atoms with Crippen molar-refractivity contribution in [1.82, 2.24) is 9.88 Å². The zero-order valence-corrected chi connectivity index (χ0v) is 17.5. The van der Waals surface area contributed by atoms with Crippen LogP contribution in [0.4, 0.5) is 0 Å². The smallest absolute Gasteiger partial charge is 0.133 e. The number of phenols is 1. The number of piperidine rings is 1. The lowest BCUT2D eigenvalue weighted by Crippen LogP contribution is -2.35. The summed E-state index contributed by atoms with van der Waals surface area (Å²) in [6, 6.07) is 7.84. The molecule has 1 aromatic carbocycles. The van der Waals surface area contributed by atoms with E-state index in [-0.39, 0.29) is 5.92 Å². The van der Waals surface area contributed by atoms with E-state index in [2.05, 4.69) is 61.1 Å². The zero-order valence-electron chi connectivity index (χ0n) is 13.2. The molecule has 1 fully saturated rings. The van der Waals surface area contributed by atoms with E-state index >= 15 is 0 Å². The summed E-state index contributed by atoms with van der Waals surface area (Å²) in [7, 11) is 0. The molecule has 1 unspecified atom stereocenters. The van der Waals surface area contributed by atoms with E-state index in [1.165, 1.54) is 0 Å². The molecule has 128 valence electrons. The summed E-state index contributed by atoms with van der Waals surface area (Å²) in [6.07, 6.45) is 4.96. The summed E-state index contributed by atoms with van der Waals surface area (Å²) in [6.45, 7) is 2.63. The molecule has 6 heteroatoms. The number of aliphatic hydroxyl groups is 1. The van der Waals surface area contributed by atoms with E-state index in [1.807, 2.05) is 18.2 Å². The van der Waals surface area contributed by atoms with Crippen LogP contribution in [0.15, 0.2) is 36.7 Å². The number of hydrogen-bond donors (Lipinski definition) is 2. The van der Waals surface area contributed by atoms with Crippen LogP contribution in [0.3, 0.4) is 0 Å². The predicted molar refractivity (Wildman–Crippen MR) is 111 cm³/mol. The van der Waals surface area contributed by atoms with Crippen molar-refractivity contribution in [2.45, 2.75) is 25.5 Å². The average molecular weight is 550 g/mol. The number of phenolic OH excluding ortho intramolecular Hbond substituents is 1. The van der Waals surface area contributed by atoms with Gasteiger partial charge in [-0.25, -0.2) is 0 Å². The number of hydrogen-bond acceptors (Lipinski definition) is 4. The second-order valence-electron chi connectivity index (χ2n) is 6.24. The molecule has 1 aliphatic rings. The molecular weight excluding hydrogens is 530 g/mol. The molecule has 24 heavy (non-hydrogen) atoms. The number of rotatable bonds is 4. The van der Waals surface area contributed by atoms with Crippen molar-refractivity contribution in [3.63, 3.8) is 0 Å². The Hall–Kier alpha value is -0.450. The first-order valence-electron chi connectivity index (χ1n) is 8.02. The Labute approximate surface area is 169 Å². The number of nitrogens with zero attached hydrogens (tertiary/aromatic N) is 2. The summed E-state index contributed by atoms with van der Waals surface area (Å²) < 4.78 is 2.04. The topological polar surface area (TPSA) is 56.6 Å². The Morgan fingerprint density at radius 2 is 2.00 bits per heavy atom. The van der Waals surface area contributed by atoms with Crippen LogP contribution in [-0.4, -0.2) is 33.2 Å². The van der Waals surface area contributed by atoms with Gasteiger partial charge in [-0.1, -0.05) is 6.07 Å². The van der Waals surface area contributed by atoms with Crippen LogP contribution in [0.1, 0.15) is 30.1 Å². The Bertz CT molecular complexity index is 689. The lowest BCUT2D eigenvalue weighted by atomic mass is 9.88. The van der Waals surface area contributed by atoms with Gasteiger partial charge in [-0.2, -0.15) is 0 Å². The van der Waals surface area contributed by atoms with Crippen LogP contribution in [-0.2, 0) is 6.54 Å². The molecule has 1 aliphatic heterocycles. The van der Waals surface area contributed by atoms with Crippen molar-refractivity contribution in [1.29, 1.82) is 0 Å². The van der Waals surface area contributed by atoms with Gasteiger partial charge in [-0.05, 0) is 101 Å². The van der Waals surface area contributed by atoms with Crippen LogP contribution in [0.25, 0.3) is 0 Å². The lowest BCUT2D eigenvalue weighted by molar-refractivity contribution is 0.0563. The number of aromatic nitrogens is 1. The zero-order chi connectivity index (χ0) is 17.1. The second-order valence-corrected chi connectivity index (χ2v) is 8.65. The number of benzene rings is 1. The first-order valence-corrected chi connectivity index (χ1v) is 10.2. The highest BCUT2D eigenvalue weighted by molar-refractivity contribution is 14.1. The Morgan fingerprint density at radius 1 is 1.25 bits per heavy atom. The van der Waals surface area contributed by atoms with Crippen molar-refractivity contribution < 1.29 is 10.2 Å². The summed E-state index contributed by atoms with van der Waals surface area (Å²) >= 11 is 4.46. The molecule has 1 atom stereocenters. The minimum absolute atomic E-state index is 0.273. The van der Waals surface area contributed by atoms with Crippen molar-refractivity contribution in [2.75, 3.05) is 13.1 Å². The van der Waals surface area contributed by atoms with Gasteiger partial charge >= 0.3 is 0 Å². The molecule has 1 aromatic heterocycles. The third-order valence-electron chi connectivity index (χ3n) is 4.61. The van der Waals surface area contributed by atoms with Gasteiger partial charge in [0, 0.05) is 28.1 Å². The standard InChI is InChI=1S/C18H20I2N2O2/c19-15-8-14(18(24)16(20)9-15)11-22-6-3-12(4-7-22)17(23)13-2-1-5-21-10-13/h1-2,5,8-10,12,17,23-24H,3-4,6-7,11H2. The average Bonchev–Trinajstić information content (AvgIpc) is 2.60. The van der Waals surface area contributed by atoms with Gasteiger partial charge in [-0.3, -0.25) is 9.88 Å². The minimum Gasteiger partial charge on any atom is -0.507 e. The quantitative estimate of drug-likeness (QED) is 0.567. The van der Waals surface area contributed by atoms with Crippen molar-refractivity contribution >= 4 is 45.2 Å². The SMILES string of the molecule is Oc1c(I)cc(I)cc1CN1CCC(C(O)c2cccnc2)CC1. The first kappa shape index (κ1) is 18.3. The number of pyridine rings is 1. The molecule has 2 aromatic rings. The second kappa shape index (κ2) is 8.29. The normalized spacial score (nSPS) is 17.8. The fourth-order valence-electron chi connectivity index (χ4n) is 3.23. The molecule has 0 spiro atoms. The lowest BCUT2D eigenvalue weighted by Gasteiger charge is -2.34. The summed E-state index contributed by atoms with van der Waals surface area (Å²) in [5.41, 5.74) is 1.89. The summed E-state index contributed by atoms with van der Waals surface area (Å²) in [5.74, 6) is 0.670. The predicted octanol–water partition coefficient (Wildman–Crippen LogP) is 3.94. The maximum atomic E-state index is 10.5. The Balaban J connectivity index is 1.60. The van der Waals surface area contributed by atoms with Gasteiger partial charge in [0.2, 0.25) is 0 Å². The highest BCUT2D eigenvalue weighted by Crippen LogP contribution is 2.32. The molecule has 0 aliphatic carbocycles. The molecule has 0 amide bonds. The summed E-state index contributed by atoms with van der Waals surface area (Å²) in [4.78, 5) is 6.45. The molecule has 0 bridgehead atoms. The van der Waals surface area contributed by atoms with Gasteiger partial charge in [0.25, 0.3) is 0 Å². The minimum atomic E-state index is -0.437. The van der Waals surface area contributed by atoms with Crippen LogP contribution in [0.5, 0.6) is 5.75 Å². The molecule has 2 N–H and O–H groups in total. The molecule has 0 saturated carbocycles. The van der Waals surface area contributed by atoms with Gasteiger partial charge in [0.15, 0.2) is 0 Å². The Kier molecular flexibility index (Phi) is 6.33. The van der Waals surface area contributed by atoms with Gasteiger partial charge in [0.05, 0.1) is 9.67 Å². The van der Waals surface area contributed by atoms with Crippen molar-refractivity contribution in [2.24, 2.45) is 5.92 Å². The fraction of sp³-hybridized carbons (Fsp3) is 0.389. The molecule has 1 saturated heterocycles. The number of aromatic hydroxyl groups is 1. The van der Waals surface area contributed by atoms with Crippen LogP contribution >= 0.6 is 45.2 Å². The van der Waals surface area contributed by atoms with Crippen molar-refractivity contribution in [3.8, 4) is 5.75 Å². The van der Waals surface area contributed by atoms with E-state index < -0.39 is 6.10 Å². The molecule has 4 nitrogen and oxygen atoms in total. The van der Waals surface area contributed by atoms with Crippen LogP contribution < -0.4 is 0 Å². The van der Waals surface area contributed by atoms with E-state index in [0.717, 1.165) is 50.7 Å². The molecular formula is C18H20I2N2O2. The number of likely N-dealkylation sites (tertiary alicyclic amines) is 1. The number of halogens is 2. The first-order chi connectivity index (χ1) is 11.5. The third-order valence-corrected chi connectivity index (χ3v) is 6.05. The molecule has 2 heterocycles. The monoisotopic (exact) mass is 550 g/mol. The largest absolute Gasteiger partial charge is 0.507 e. The van der Waals surface area contributed by atoms with E-state index in [9.17, 15) is 10.2 Å².